The molecule has 0 N–H and O–H groups in total. The maximum atomic E-state index is 3.70. The van der Waals surface area contributed by atoms with E-state index in [9.17, 15) is 0 Å². The number of rotatable bonds is 3. The van der Waals surface area contributed by atoms with E-state index in [4.69, 9.17) is 0 Å². The molecule has 0 rings (SSSR count). The Kier molecular flexibility index (Phi) is 3.59. The summed E-state index contributed by atoms with van der Waals surface area (Å²) in [6.45, 7) is 13.1. The number of thioether (sulfide) groups is 1. The molecule has 0 heterocycles. The standard InChI is InChI=1S/C7H16SSi/c1-6-8-7(2)9(3,4)5/h6-7H,1H2,2-5H3. The summed E-state index contributed by atoms with van der Waals surface area (Å²) in [5.74, 6) is 0. The molecule has 1 atom stereocenters. The van der Waals surface area contributed by atoms with Gasteiger partial charge in [-0.05, 0) is 5.41 Å². The third kappa shape index (κ3) is 3.81. The lowest BCUT2D eigenvalue weighted by Gasteiger charge is -2.22. The van der Waals surface area contributed by atoms with Crippen LogP contribution >= 0.6 is 11.8 Å². The lowest BCUT2D eigenvalue weighted by Crippen LogP contribution is -2.32. The fourth-order valence-corrected chi connectivity index (χ4v) is 2.56. The molecule has 0 saturated heterocycles. The largest absolute Gasteiger partial charge is 0.135 e. The quantitative estimate of drug-likeness (QED) is 0.572. The summed E-state index contributed by atoms with van der Waals surface area (Å²) in [5.41, 5.74) is 0. The van der Waals surface area contributed by atoms with Crippen molar-refractivity contribution in [1.29, 1.82) is 0 Å². The van der Waals surface area contributed by atoms with E-state index >= 15 is 0 Å². The summed E-state index contributed by atoms with van der Waals surface area (Å²) in [6, 6.07) is 0. The van der Waals surface area contributed by atoms with Crippen molar-refractivity contribution >= 4 is 19.8 Å². The predicted molar refractivity (Wildman–Crippen MR) is 50.6 cm³/mol. The van der Waals surface area contributed by atoms with Gasteiger partial charge in [-0.25, -0.2) is 0 Å². The minimum absolute atomic E-state index is 0.801. The van der Waals surface area contributed by atoms with Gasteiger partial charge in [-0.3, -0.25) is 0 Å². The maximum absolute atomic E-state index is 3.70. The van der Waals surface area contributed by atoms with Gasteiger partial charge in [0.2, 0.25) is 0 Å². The SMILES string of the molecule is C=CSC(C)[Si](C)(C)C. The van der Waals surface area contributed by atoms with Gasteiger partial charge in [0.1, 0.15) is 0 Å². The molecule has 0 bridgehead atoms. The van der Waals surface area contributed by atoms with E-state index in [1.54, 1.807) is 0 Å². The fourth-order valence-electron chi connectivity index (χ4n) is 0.348. The van der Waals surface area contributed by atoms with Crippen LogP contribution in [0, 0.1) is 0 Å². The zero-order valence-corrected chi connectivity index (χ0v) is 8.59. The van der Waals surface area contributed by atoms with E-state index in [0.29, 0.717) is 0 Å². The van der Waals surface area contributed by atoms with Crippen LogP contribution in [0.2, 0.25) is 19.6 Å². The van der Waals surface area contributed by atoms with E-state index in [1.807, 2.05) is 17.2 Å². The van der Waals surface area contributed by atoms with E-state index < -0.39 is 8.07 Å². The highest BCUT2D eigenvalue weighted by atomic mass is 32.2. The van der Waals surface area contributed by atoms with Gasteiger partial charge in [-0.1, -0.05) is 33.1 Å². The van der Waals surface area contributed by atoms with Crippen LogP contribution in [0.5, 0.6) is 0 Å². The Labute approximate surface area is 63.7 Å². The van der Waals surface area contributed by atoms with Gasteiger partial charge in [0.05, 0.1) is 8.07 Å². The molecule has 0 nitrogen and oxygen atoms in total. The minimum Gasteiger partial charge on any atom is -0.135 e. The van der Waals surface area contributed by atoms with Crippen LogP contribution in [0.1, 0.15) is 6.92 Å². The second-order valence-corrected chi connectivity index (χ2v) is 10.6. The first-order chi connectivity index (χ1) is 3.98. The van der Waals surface area contributed by atoms with Gasteiger partial charge in [-0.2, -0.15) is 0 Å². The topological polar surface area (TPSA) is 0 Å². The molecule has 2 heteroatoms. The molecule has 0 aromatic heterocycles. The normalized spacial score (nSPS) is 15.1. The molecule has 0 radical (unpaired) electrons. The summed E-state index contributed by atoms with van der Waals surface area (Å²) in [6.07, 6.45) is 0. The number of hydrogen-bond acceptors (Lipinski definition) is 1. The van der Waals surface area contributed by atoms with Crippen molar-refractivity contribution in [1.82, 2.24) is 0 Å². The van der Waals surface area contributed by atoms with Crippen molar-refractivity contribution in [3.63, 3.8) is 0 Å². The molecule has 0 saturated carbocycles. The molecule has 0 fully saturated rings. The molecule has 0 aliphatic carbocycles. The average Bonchev–Trinajstić information content (AvgIpc) is 1.64. The van der Waals surface area contributed by atoms with Gasteiger partial charge < -0.3 is 0 Å². The molecule has 1 unspecified atom stereocenters. The zero-order chi connectivity index (χ0) is 7.49. The molecular formula is C7H16SSi. The molecule has 9 heavy (non-hydrogen) atoms. The third-order valence-electron chi connectivity index (χ3n) is 1.52. The van der Waals surface area contributed by atoms with E-state index in [-0.39, 0.29) is 0 Å². The monoisotopic (exact) mass is 160 g/mol. The lowest BCUT2D eigenvalue weighted by atomic mass is 10.9. The Balaban J connectivity index is 3.72. The van der Waals surface area contributed by atoms with Crippen LogP contribution in [0.15, 0.2) is 12.0 Å². The van der Waals surface area contributed by atoms with Crippen LogP contribution in [0.3, 0.4) is 0 Å². The molecule has 0 aromatic carbocycles. The summed E-state index contributed by atoms with van der Waals surface area (Å²) in [7, 11) is -0.890. The zero-order valence-electron chi connectivity index (χ0n) is 6.77. The second-order valence-electron chi connectivity index (χ2n) is 3.31. The Morgan fingerprint density at radius 2 is 1.89 bits per heavy atom. The maximum Gasteiger partial charge on any atom is 0.0588 e. The van der Waals surface area contributed by atoms with Gasteiger partial charge in [0.25, 0.3) is 0 Å². The third-order valence-corrected chi connectivity index (χ3v) is 7.09. The highest BCUT2D eigenvalue weighted by molar-refractivity contribution is 8.04. The average molecular weight is 160 g/mol. The highest BCUT2D eigenvalue weighted by Gasteiger charge is 2.21. The van der Waals surface area contributed by atoms with E-state index in [0.717, 1.165) is 4.87 Å². The van der Waals surface area contributed by atoms with E-state index in [1.165, 1.54) is 0 Å². The molecule has 54 valence electrons. The van der Waals surface area contributed by atoms with Crippen LogP contribution in [0.4, 0.5) is 0 Å². The summed E-state index contributed by atoms with van der Waals surface area (Å²) >= 11 is 1.86. The molecule has 0 spiro atoms. The fraction of sp³-hybridized carbons (Fsp3) is 0.714. The molecule has 0 aliphatic rings. The number of hydrogen-bond donors (Lipinski definition) is 0. The second kappa shape index (κ2) is 3.47. The van der Waals surface area contributed by atoms with Crippen molar-refractivity contribution in [2.75, 3.05) is 0 Å². The molecule has 0 amide bonds. The predicted octanol–water partition coefficient (Wildman–Crippen LogP) is 3.13. The molecule has 0 aromatic rings. The van der Waals surface area contributed by atoms with Gasteiger partial charge >= 0.3 is 0 Å². The first kappa shape index (κ1) is 9.31. The van der Waals surface area contributed by atoms with Gasteiger partial charge in [0.15, 0.2) is 0 Å². The molecular weight excluding hydrogens is 144 g/mol. The van der Waals surface area contributed by atoms with Crippen LogP contribution in [-0.4, -0.2) is 12.9 Å². The Bertz CT molecular complexity index is 93.6. The van der Waals surface area contributed by atoms with Crippen molar-refractivity contribution in [2.24, 2.45) is 0 Å². The van der Waals surface area contributed by atoms with Crippen LogP contribution in [0.25, 0.3) is 0 Å². The first-order valence-electron chi connectivity index (χ1n) is 3.25. The summed E-state index contributed by atoms with van der Waals surface area (Å²) < 4.78 is 0. The summed E-state index contributed by atoms with van der Waals surface area (Å²) in [4.78, 5) is 0.801. The lowest BCUT2D eigenvalue weighted by molar-refractivity contribution is 1.30. The van der Waals surface area contributed by atoms with Crippen molar-refractivity contribution in [3.05, 3.63) is 12.0 Å². The van der Waals surface area contributed by atoms with Crippen molar-refractivity contribution < 1.29 is 0 Å². The van der Waals surface area contributed by atoms with Crippen LogP contribution < -0.4 is 0 Å². The van der Waals surface area contributed by atoms with Crippen molar-refractivity contribution in [2.45, 2.75) is 31.4 Å². The molecule has 0 aliphatic heterocycles. The van der Waals surface area contributed by atoms with Crippen LogP contribution in [-0.2, 0) is 0 Å². The van der Waals surface area contributed by atoms with E-state index in [2.05, 4.69) is 33.1 Å². The minimum atomic E-state index is -0.890. The summed E-state index contributed by atoms with van der Waals surface area (Å²) in [5, 5.41) is 1.95. The smallest absolute Gasteiger partial charge is 0.0588 e. The van der Waals surface area contributed by atoms with Gasteiger partial charge in [-0.15, -0.1) is 11.8 Å². The highest BCUT2D eigenvalue weighted by Crippen LogP contribution is 2.21. The van der Waals surface area contributed by atoms with Crippen molar-refractivity contribution in [3.8, 4) is 0 Å². The first-order valence-corrected chi connectivity index (χ1v) is 7.77. The van der Waals surface area contributed by atoms with Gasteiger partial charge in [0, 0.05) is 4.87 Å². The Morgan fingerprint density at radius 1 is 1.44 bits per heavy atom. The Morgan fingerprint density at radius 3 is 2.00 bits per heavy atom. The Hall–Kier alpha value is 0.307.